The number of benzene rings is 1. The lowest BCUT2D eigenvalue weighted by Gasteiger charge is -2.10. The molecule has 0 saturated heterocycles. The summed E-state index contributed by atoms with van der Waals surface area (Å²) in [6.45, 7) is -0.315. The Morgan fingerprint density at radius 2 is 1.81 bits per heavy atom. The third kappa shape index (κ3) is 3.69. The fourth-order valence-electron chi connectivity index (χ4n) is 1.71. The average molecular weight is 348 g/mol. The number of halogens is 3. The summed E-state index contributed by atoms with van der Waals surface area (Å²) in [6.07, 6.45) is 1.50. The summed E-state index contributed by atoms with van der Waals surface area (Å²) in [5, 5.41) is 12.1. The summed E-state index contributed by atoms with van der Waals surface area (Å²) in [6, 6.07) is 5.92. The van der Waals surface area contributed by atoms with Crippen molar-refractivity contribution in [2.75, 3.05) is 5.32 Å². The lowest BCUT2D eigenvalue weighted by Crippen LogP contribution is -2.19. The summed E-state index contributed by atoms with van der Waals surface area (Å²) >= 11 is 17.6. The van der Waals surface area contributed by atoms with Crippen LogP contribution in [0.25, 0.3) is 0 Å². The number of carboxylic acid groups (broad SMARTS) is 1. The van der Waals surface area contributed by atoms with Crippen LogP contribution < -0.4 is 5.32 Å². The van der Waals surface area contributed by atoms with Crippen LogP contribution in [0.3, 0.4) is 0 Å². The van der Waals surface area contributed by atoms with E-state index in [1.54, 1.807) is 6.07 Å². The fraction of sp³-hybridized carbons (Fsp3) is 0.0769. The molecule has 110 valence electrons. The number of nitrogens with one attached hydrogen (secondary N) is 1. The minimum absolute atomic E-state index is 0.194. The van der Waals surface area contributed by atoms with Gasteiger partial charge >= 0.3 is 5.97 Å². The van der Waals surface area contributed by atoms with Crippen molar-refractivity contribution in [3.63, 3.8) is 0 Å². The van der Waals surface area contributed by atoms with Crippen LogP contribution in [0.15, 0.2) is 30.5 Å². The fourth-order valence-corrected chi connectivity index (χ4v) is 2.30. The first-order valence-corrected chi connectivity index (χ1v) is 6.84. The first-order valence-electron chi connectivity index (χ1n) is 5.71. The molecule has 0 unspecified atom stereocenters. The molecule has 1 heterocycles. The van der Waals surface area contributed by atoms with Gasteiger partial charge in [-0.15, -0.1) is 0 Å². The average Bonchev–Trinajstić information content (AvgIpc) is 2.83. The summed E-state index contributed by atoms with van der Waals surface area (Å²) in [4.78, 5) is 22.9. The van der Waals surface area contributed by atoms with Crippen LogP contribution in [0.4, 0.5) is 5.69 Å². The van der Waals surface area contributed by atoms with Crippen molar-refractivity contribution in [3.05, 3.63) is 51.2 Å². The van der Waals surface area contributed by atoms with Gasteiger partial charge in [0.2, 0.25) is 0 Å². The van der Waals surface area contributed by atoms with Crippen molar-refractivity contribution in [2.24, 2.45) is 0 Å². The summed E-state index contributed by atoms with van der Waals surface area (Å²) < 4.78 is 1.31. The van der Waals surface area contributed by atoms with Gasteiger partial charge in [0.25, 0.3) is 5.91 Å². The van der Waals surface area contributed by atoms with Crippen LogP contribution in [-0.2, 0) is 11.3 Å². The van der Waals surface area contributed by atoms with E-state index in [9.17, 15) is 9.59 Å². The summed E-state index contributed by atoms with van der Waals surface area (Å²) in [7, 11) is 0. The summed E-state index contributed by atoms with van der Waals surface area (Å²) in [5.41, 5.74) is 0.485. The molecule has 1 aromatic heterocycles. The van der Waals surface area contributed by atoms with E-state index in [1.165, 1.54) is 29.0 Å². The van der Waals surface area contributed by atoms with Gasteiger partial charge in [-0.1, -0.05) is 34.8 Å². The monoisotopic (exact) mass is 346 g/mol. The van der Waals surface area contributed by atoms with Crippen LogP contribution in [0.1, 0.15) is 10.5 Å². The van der Waals surface area contributed by atoms with E-state index in [2.05, 4.69) is 5.32 Å². The number of nitrogens with zero attached hydrogens (tertiary/aromatic N) is 1. The second-order valence-electron chi connectivity index (χ2n) is 4.12. The largest absolute Gasteiger partial charge is 0.480 e. The molecule has 1 amide bonds. The molecular formula is C13H9Cl3N2O3. The Balaban J connectivity index is 2.25. The number of aromatic nitrogens is 1. The Morgan fingerprint density at radius 3 is 2.48 bits per heavy atom. The minimum atomic E-state index is -1.05. The second-order valence-corrected chi connectivity index (χ2v) is 5.34. The van der Waals surface area contributed by atoms with Gasteiger partial charge in [0.15, 0.2) is 0 Å². The molecule has 2 rings (SSSR count). The lowest BCUT2D eigenvalue weighted by molar-refractivity contribution is -0.137. The van der Waals surface area contributed by atoms with Gasteiger partial charge in [0.1, 0.15) is 12.2 Å². The SMILES string of the molecule is O=C(O)Cn1cccc1C(=O)Nc1cc(Cl)c(Cl)cc1Cl. The molecule has 0 fully saturated rings. The van der Waals surface area contributed by atoms with E-state index < -0.39 is 11.9 Å². The highest BCUT2D eigenvalue weighted by Crippen LogP contribution is 2.32. The predicted molar refractivity (Wildman–Crippen MR) is 81.5 cm³/mol. The van der Waals surface area contributed by atoms with Gasteiger partial charge < -0.3 is 15.0 Å². The molecule has 0 aliphatic rings. The van der Waals surface area contributed by atoms with Gasteiger partial charge in [-0.2, -0.15) is 0 Å². The normalized spacial score (nSPS) is 10.4. The number of rotatable bonds is 4. The topological polar surface area (TPSA) is 71.3 Å². The van der Waals surface area contributed by atoms with Crippen molar-refractivity contribution < 1.29 is 14.7 Å². The highest BCUT2D eigenvalue weighted by molar-refractivity contribution is 6.44. The van der Waals surface area contributed by atoms with Crippen LogP contribution in [-0.4, -0.2) is 21.6 Å². The van der Waals surface area contributed by atoms with E-state index in [4.69, 9.17) is 39.9 Å². The lowest BCUT2D eigenvalue weighted by atomic mass is 10.3. The molecule has 2 aromatic rings. The molecule has 21 heavy (non-hydrogen) atoms. The smallest absolute Gasteiger partial charge is 0.323 e. The zero-order valence-corrected chi connectivity index (χ0v) is 12.7. The van der Waals surface area contributed by atoms with Gasteiger partial charge in [-0.25, -0.2) is 0 Å². The number of amides is 1. The molecular weight excluding hydrogens is 339 g/mol. The maximum atomic E-state index is 12.2. The van der Waals surface area contributed by atoms with E-state index in [-0.39, 0.29) is 27.3 Å². The minimum Gasteiger partial charge on any atom is -0.480 e. The Labute approximate surface area is 135 Å². The van der Waals surface area contributed by atoms with Crippen LogP contribution in [0.5, 0.6) is 0 Å². The molecule has 5 nitrogen and oxygen atoms in total. The molecule has 1 aromatic carbocycles. The summed E-state index contributed by atoms with van der Waals surface area (Å²) in [5.74, 6) is -1.55. The first-order chi connectivity index (χ1) is 9.88. The highest BCUT2D eigenvalue weighted by Gasteiger charge is 2.15. The molecule has 0 aliphatic carbocycles. The molecule has 0 saturated carbocycles. The van der Waals surface area contributed by atoms with Crippen molar-refractivity contribution in [1.29, 1.82) is 0 Å². The van der Waals surface area contributed by atoms with Crippen molar-refractivity contribution in [3.8, 4) is 0 Å². The zero-order valence-electron chi connectivity index (χ0n) is 10.4. The number of carbonyl (C=O) groups excluding carboxylic acids is 1. The third-order valence-corrected chi connectivity index (χ3v) is 3.66. The number of carboxylic acids is 1. The number of hydrogen-bond donors (Lipinski definition) is 2. The molecule has 0 aliphatic heterocycles. The van der Waals surface area contributed by atoms with Crippen molar-refractivity contribution in [1.82, 2.24) is 4.57 Å². The Hall–Kier alpha value is -1.69. The third-order valence-electron chi connectivity index (χ3n) is 2.63. The Bertz CT molecular complexity index is 713. The van der Waals surface area contributed by atoms with E-state index in [1.807, 2.05) is 0 Å². The van der Waals surface area contributed by atoms with Gasteiger partial charge in [-0.05, 0) is 24.3 Å². The quantitative estimate of drug-likeness (QED) is 0.827. The number of carbonyl (C=O) groups is 2. The molecule has 0 radical (unpaired) electrons. The molecule has 0 bridgehead atoms. The van der Waals surface area contributed by atoms with Crippen LogP contribution in [0, 0.1) is 0 Å². The molecule has 8 heteroatoms. The van der Waals surface area contributed by atoms with Crippen molar-refractivity contribution >= 4 is 52.4 Å². The highest BCUT2D eigenvalue weighted by atomic mass is 35.5. The van der Waals surface area contributed by atoms with E-state index in [0.717, 1.165) is 0 Å². The zero-order chi connectivity index (χ0) is 15.6. The maximum absolute atomic E-state index is 12.2. The molecule has 0 atom stereocenters. The number of aliphatic carboxylic acids is 1. The number of anilines is 1. The van der Waals surface area contributed by atoms with Gasteiger partial charge in [-0.3, -0.25) is 9.59 Å². The van der Waals surface area contributed by atoms with E-state index in [0.29, 0.717) is 5.69 Å². The van der Waals surface area contributed by atoms with Crippen molar-refractivity contribution in [2.45, 2.75) is 6.54 Å². The van der Waals surface area contributed by atoms with Crippen LogP contribution >= 0.6 is 34.8 Å². The Kier molecular flexibility index (Phi) is 4.77. The standard InChI is InChI=1S/C13H9Cl3N2O3/c14-7-4-9(16)10(5-8(7)15)17-13(21)11-2-1-3-18(11)6-12(19)20/h1-5H,6H2,(H,17,21)(H,19,20). The molecule has 0 spiro atoms. The van der Waals surface area contributed by atoms with E-state index >= 15 is 0 Å². The maximum Gasteiger partial charge on any atom is 0.323 e. The molecule has 2 N–H and O–H groups in total. The van der Waals surface area contributed by atoms with Crippen LogP contribution in [0.2, 0.25) is 15.1 Å². The Morgan fingerprint density at radius 1 is 1.14 bits per heavy atom. The second kappa shape index (κ2) is 6.39. The van der Waals surface area contributed by atoms with Gasteiger partial charge in [0.05, 0.1) is 20.8 Å². The predicted octanol–water partition coefficient (Wildman–Crippen LogP) is 3.79. The van der Waals surface area contributed by atoms with Gasteiger partial charge in [0, 0.05) is 6.20 Å². The first kappa shape index (κ1) is 15.7. The number of hydrogen-bond acceptors (Lipinski definition) is 2.